The molecule has 0 bridgehead atoms. The molecule has 0 fully saturated rings. The van der Waals surface area contributed by atoms with E-state index in [-0.39, 0.29) is 17.6 Å². The molecular formula is C19H26O3S2. The molecule has 24 heavy (non-hydrogen) atoms. The number of ketones is 1. The molecule has 0 radical (unpaired) electrons. The van der Waals surface area contributed by atoms with Crippen LogP contribution >= 0.6 is 22.7 Å². The van der Waals surface area contributed by atoms with Crippen LogP contribution in [0.2, 0.25) is 0 Å². The van der Waals surface area contributed by atoms with Gasteiger partial charge in [-0.25, -0.2) is 0 Å². The van der Waals surface area contributed by atoms with Gasteiger partial charge in [0.05, 0.1) is 24.0 Å². The van der Waals surface area contributed by atoms with Crippen molar-refractivity contribution in [2.24, 2.45) is 0 Å². The molecule has 0 aromatic carbocycles. The van der Waals surface area contributed by atoms with E-state index < -0.39 is 12.2 Å². The summed E-state index contributed by atoms with van der Waals surface area (Å²) in [5.74, 6) is -0.385. The lowest BCUT2D eigenvalue weighted by molar-refractivity contribution is -0.121. The summed E-state index contributed by atoms with van der Waals surface area (Å²) in [6.07, 6.45) is 0.239. The Morgan fingerprint density at radius 3 is 1.62 bits per heavy atom. The minimum Gasteiger partial charge on any atom is -0.388 e. The van der Waals surface area contributed by atoms with Gasteiger partial charge in [-0.05, 0) is 46.9 Å². The standard InChI is InChI=1S/C19H26O3S2/c1-5-15(20)13-7-9-23-18(13)11(3)17(22)12(4)19-14(8-10-24-19)16(21)6-2/h7-12,15-16,20-21H,5-6H2,1-4H3. The average Bonchev–Trinajstić information content (AvgIpc) is 3.27. The molecule has 4 unspecified atom stereocenters. The second kappa shape index (κ2) is 8.39. The van der Waals surface area contributed by atoms with Gasteiger partial charge in [-0.1, -0.05) is 27.7 Å². The van der Waals surface area contributed by atoms with Gasteiger partial charge in [-0.3, -0.25) is 4.79 Å². The first kappa shape index (κ1) is 19.3. The van der Waals surface area contributed by atoms with Crippen molar-refractivity contribution in [1.29, 1.82) is 0 Å². The van der Waals surface area contributed by atoms with E-state index in [1.807, 2.05) is 50.6 Å². The van der Waals surface area contributed by atoms with Gasteiger partial charge in [0, 0.05) is 9.75 Å². The molecule has 0 aliphatic carbocycles. The predicted molar refractivity (Wildman–Crippen MR) is 101 cm³/mol. The van der Waals surface area contributed by atoms with Crippen LogP contribution in [0.15, 0.2) is 22.9 Å². The van der Waals surface area contributed by atoms with Crippen molar-refractivity contribution in [3.63, 3.8) is 0 Å². The molecule has 2 N–H and O–H groups in total. The van der Waals surface area contributed by atoms with E-state index in [0.29, 0.717) is 12.8 Å². The summed E-state index contributed by atoms with van der Waals surface area (Å²) < 4.78 is 0. The molecule has 4 atom stereocenters. The summed E-state index contributed by atoms with van der Waals surface area (Å²) in [4.78, 5) is 14.9. The van der Waals surface area contributed by atoms with Crippen molar-refractivity contribution >= 4 is 28.5 Å². The highest BCUT2D eigenvalue weighted by atomic mass is 32.1. The third-order valence-electron chi connectivity index (χ3n) is 4.59. The number of carbonyl (C=O) groups excluding carboxylic acids is 1. The number of aliphatic hydroxyl groups is 2. The summed E-state index contributed by atoms with van der Waals surface area (Å²) >= 11 is 3.07. The highest BCUT2D eigenvalue weighted by Gasteiger charge is 2.29. The van der Waals surface area contributed by atoms with Gasteiger partial charge in [-0.2, -0.15) is 0 Å². The van der Waals surface area contributed by atoms with Crippen LogP contribution in [0.5, 0.6) is 0 Å². The Morgan fingerprint density at radius 1 is 0.917 bits per heavy atom. The van der Waals surface area contributed by atoms with E-state index in [0.717, 1.165) is 20.9 Å². The lowest BCUT2D eigenvalue weighted by atomic mass is 9.88. The Kier molecular flexibility index (Phi) is 6.75. The lowest BCUT2D eigenvalue weighted by Gasteiger charge is -2.19. The van der Waals surface area contributed by atoms with E-state index >= 15 is 0 Å². The predicted octanol–water partition coefficient (Wildman–Crippen LogP) is 5.17. The second-order valence-electron chi connectivity index (χ2n) is 6.17. The van der Waals surface area contributed by atoms with Crippen LogP contribution < -0.4 is 0 Å². The molecule has 0 aliphatic heterocycles. The van der Waals surface area contributed by atoms with Crippen molar-refractivity contribution in [2.45, 2.75) is 64.6 Å². The first-order valence-electron chi connectivity index (χ1n) is 8.46. The Hall–Kier alpha value is -1.01. The number of thiophene rings is 2. The highest BCUT2D eigenvalue weighted by Crippen LogP contribution is 2.38. The summed E-state index contributed by atoms with van der Waals surface area (Å²) in [5, 5.41) is 24.2. The number of rotatable bonds is 8. The maximum absolute atomic E-state index is 13.0. The van der Waals surface area contributed by atoms with Gasteiger partial charge in [0.1, 0.15) is 5.78 Å². The number of carbonyl (C=O) groups is 1. The monoisotopic (exact) mass is 366 g/mol. The molecule has 0 saturated carbocycles. The van der Waals surface area contributed by atoms with Crippen LogP contribution in [-0.4, -0.2) is 16.0 Å². The Labute approximate surface area is 152 Å². The first-order valence-corrected chi connectivity index (χ1v) is 10.2. The average molecular weight is 367 g/mol. The normalized spacial score (nSPS) is 16.6. The fourth-order valence-electron chi connectivity index (χ4n) is 2.99. The van der Waals surface area contributed by atoms with Gasteiger partial charge in [0.15, 0.2) is 0 Å². The Morgan fingerprint density at radius 2 is 1.29 bits per heavy atom. The maximum atomic E-state index is 13.0. The van der Waals surface area contributed by atoms with Gasteiger partial charge in [0.25, 0.3) is 0 Å². The van der Waals surface area contributed by atoms with Crippen LogP contribution in [0.1, 0.15) is 85.5 Å². The van der Waals surface area contributed by atoms with E-state index in [2.05, 4.69) is 0 Å². The largest absolute Gasteiger partial charge is 0.388 e. The third-order valence-corrected chi connectivity index (χ3v) is 6.82. The summed E-state index contributed by atoms with van der Waals surface area (Å²) in [6, 6.07) is 3.83. The molecule has 0 spiro atoms. The number of hydrogen-bond donors (Lipinski definition) is 2. The number of aliphatic hydroxyl groups excluding tert-OH is 2. The van der Waals surface area contributed by atoms with E-state index in [4.69, 9.17) is 0 Å². The zero-order valence-corrected chi connectivity index (χ0v) is 16.3. The van der Waals surface area contributed by atoms with E-state index in [1.54, 1.807) is 0 Å². The van der Waals surface area contributed by atoms with E-state index in [9.17, 15) is 15.0 Å². The van der Waals surface area contributed by atoms with Crippen molar-refractivity contribution in [1.82, 2.24) is 0 Å². The molecule has 2 aromatic rings. The molecule has 5 heteroatoms. The number of hydrogen-bond acceptors (Lipinski definition) is 5. The Bertz CT molecular complexity index is 617. The van der Waals surface area contributed by atoms with Crippen LogP contribution in [0.4, 0.5) is 0 Å². The summed E-state index contributed by atoms with van der Waals surface area (Å²) in [6.45, 7) is 7.71. The molecule has 132 valence electrons. The van der Waals surface area contributed by atoms with Crippen molar-refractivity contribution in [3.05, 3.63) is 43.8 Å². The quantitative estimate of drug-likeness (QED) is 0.677. The first-order chi connectivity index (χ1) is 11.4. The fourth-order valence-corrected chi connectivity index (χ4v) is 5.03. The number of Topliss-reactive ketones (excluding diaryl/α,β-unsaturated/α-hetero) is 1. The smallest absolute Gasteiger partial charge is 0.148 e. The molecule has 2 heterocycles. The second-order valence-corrected chi connectivity index (χ2v) is 8.07. The molecule has 0 aliphatic rings. The van der Waals surface area contributed by atoms with Gasteiger partial charge >= 0.3 is 0 Å². The zero-order chi connectivity index (χ0) is 17.9. The van der Waals surface area contributed by atoms with Gasteiger partial charge in [0.2, 0.25) is 0 Å². The van der Waals surface area contributed by atoms with Gasteiger partial charge in [-0.15, -0.1) is 22.7 Å². The van der Waals surface area contributed by atoms with Crippen LogP contribution in [0.25, 0.3) is 0 Å². The highest BCUT2D eigenvalue weighted by molar-refractivity contribution is 7.10. The van der Waals surface area contributed by atoms with Crippen molar-refractivity contribution < 1.29 is 15.0 Å². The molecule has 3 nitrogen and oxygen atoms in total. The molecule has 0 saturated heterocycles. The maximum Gasteiger partial charge on any atom is 0.148 e. The van der Waals surface area contributed by atoms with Crippen LogP contribution in [-0.2, 0) is 4.79 Å². The minimum absolute atomic E-state index is 0.133. The summed E-state index contributed by atoms with van der Waals surface area (Å²) in [7, 11) is 0. The minimum atomic E-state index is -0.518. The van der Waals surface area contributed by atoms with Crippen molar-refractivity contribution in [3.8, 4) is 0 Å². The topological polar surface area (TPSA) is 57.5 Å². The third kappa shape index (κ3) is 3.80. The SMILES string of the molecule is CCC(O)c1ccsc1C(C)C(=O)C(C)c1sccc1C(O)CC. The van der Waals surface area contributed by atoms with Crippen LogP contribution in [0, 0.1) is 0 Å². The molecule has 2 rings (SSSR count). The Balaban J connectivity index is 2.26. The summed E-state index contributed by atoms with van der Waals surface area (Å²) in [5.41, 5.74) is 1.74. The van der Waals surface area contributed by atoms with Gasteiger partial charge < -0.3 is 10.2 Å². The molecule has 2 aromatic heterocycles. The van der Waals surface area contributed by atoms with Crippen LogP contribution in [0.3, 0.4) is 0 Å². The zero-order valence-electron chi connectivity index (χ0n) is 14.7. The molecule has 0 amide bonds. The molecular weight excluding hydrogens is 340 g/mol. The van der Waals surface area contributed by atoms with Crippen molar-refractivity contribution in [2.75, 3.05) is 0 Å². The lowest BCUT2D eigenvalue weighted by Crippen LogP contribution is -2.18. The van der Waals surface area contributed by atoms with E-state index in [1.165, 1.54) is 22.7 Å². The fraction of sp³-hybridized carbons (Fsp3) is 0.526.